The largest absolute Gasteiger partial charge is 0.497 e. The Bertz CT molecular complexity index is 1310. The monoisotopic (exact) mass is 607 g/mol. The lowest BCUT2D eigenvalue weighted by Crippen LogP contribution is -2.40. The number of amides is 1. The Kier molecular flexibility index (Phi) is 9.42. The van der Waals surface area contributed by atoms with E-state index < -0.39 is 5.97 Å². The van der Waals surface area contributed by atoms with Gasteiger partial charge in [-0.2, -0.15) is 0 Å². The van der Waals surface area contributed by atoms with Crippen LogP contribution < -0.4 is 9.64 Å². The first kappa shape index (κ1) is 30.8. The highest BCUT2D eigenvalue weighted by atomic mass is 19.1. The number of ether oxygens (including phenoxy) is 2. The second-order valence-corrected chi connectivity index (χ2v) is 13.2. The van der Waals surface area contributed by atoms with Crippen LogP contribution in [0.1, 0.15) is 67.9 Å². The molecular formula is C35H46FN3O5. The van der Waals surface area contributed by atoms with Crippen molar-refractivity contribution in [3.63, 3.8) is 0 Å². The fourth-order valence-electron chi connectivity index (χ4n) is 8.17. The molecule has 0 aromatic heterocycles. The van der Waals surface area contributed by atoms with Crippen molar-refractivity contribution in [3.05, 3.63) is 59.4 Å². The molecule has 3 saturated heterocycles. The average molecular weight is 608 g/mol. The highest BCUT2D eigenvalue weighted by Gasteiger charge is 2.44. The lowest BCUT2D eigenvalue weighted by atomic mass is 9.88. The molecule has 2 aromatic carbocycles. The summed E-state index contributed by atoms with van der Waals surface area (Å²) in [6, 6.07) is 13.7. The van der Waals surface area contributed by atoms with Crippen molar-refractivity contribution >= 4 is 17.6 Å². The standard InChI is InChI=1S/C35H46FN3O5/c1-43-28-8-3-23(4-9-28)31-21-39(27-6-10-29(44-2)11-7-27)22-32(31)34(40)38-18-15-25(20-38)30-12-5-26(36)19-33(30)37-16-13-24(14-17-37)35(41)42/h3-5,8-9,12,19,24-25,27,29,31-32H,6-7,10-11,13-18,20-22H2,1-2H3,(H,41,42)/t25-,27-,29-,31+,32-/m1/s1. The molecule has 238 valence electrons. The van der Waals surface area contributed by atoms with Gasteiger partial charge in [0.1, 0.15) is 11.6 Å². The van der Waals surface area contributed by atoms with E-state index in [1.165, 1.54) is 11.6 Å². The van der Waals surface area contributed by atoms with Crippen LogP contribution in [-0.4, -0.2) is 92.4 Å². The van der Waals surface area contributed by atoms with Gasteiger partial charge in [-0.05, 0) is 80.3 Å². The summed E-state index contributed by atoms with van der Waals surface area (Å²) in [6.45, 7) is 4.13. The number of benzene rings is 2. The third-order valence-corrected chi connectivity index (χ3v) is 10.8. The number of anilines is 1. The Morgan fingerprint density at radius 2 is 1.59 bits per heavy atom. The molecule has 0 spiro atoms. The van der Waals surface area contributed by atoms with E-state index in [4.69, 9.17) is 9.47 Å². The Morgan fingerprint density at radius 3 is 2.25 bits per heavy atom. The van der Waals surface area contributed by atoms with Crippen LogP contribution in [0.25, 0.3) is 0 Å². The summed E-state index contributed by atoms with van der Waals surface area (Å²) >= 11 is 0. The topological polar surface area (TPSA) is 82.6 Å². The van der Waals surface area contributed by atoms with Crippen LogP contribution in [0, 0.1) is 17.7 Å². The predicted molar refractivity (Wildman–Crippen MR) is 167 cm³/mol. The van der Waals surface area contributed by atoms with Crippen LogP contribution in [0.15, 0.2) is 42.5 Å². The van der Waals surface area contributed by atoms with Gasteiger partial charge in [0.25, 0.3) is 0 Å². The minimum atomic E-state index is -0.754. The summed E-state index contributed by atoms with van der Waals surface area (Å²) in [6.07, 6.45) is 6.59. The number of rotatable bonds is 8. The summed E-state index contributed by atoms with van der Waals surface area (Å²) in [5.41, 5.74) is 3.09. The molecule has 3 atom stereocenters. The number of carbonyl (C=O) groups excluding carboxylic acids is 1. The number of hydrogen-bond acceptors (Lipinski definition) is 6. The number of carboxylic acids is 1. The predicted octanol–water partition coefficient (Wildman–Crippen LogP) is 5.12. The molecule has 44 heavy (non-hydrogen) atoms. The van der Waals surface area contributed by atoms with Crippen molar-refractivity contribution in [2.75, 3.05) is 58.4 Å². The number of hydrogen-bond donors (Lipinski definition) is 1. The number of halogens is 1. The summed E-state index contributed by atoms with van der Waals surface area (Å²) in [7, 11) is 3.47. The zero-order valence-electron chi connectivity index (χ0n) is 26.0. The van der Waals surface area contributed by atoms with E-state index in [0.29, 0.717) is 51.2 Å². The van der Waals surface area contributed by atoms with E-state index in [1.54, 1.807) is 20.3 Å². The molecule has 1 saturated carbocycles. The van der Waals surface area contributed by atoms with Crippen LogP contribution in [0.4, 0.5) is 10.1 Å². The maximum Gasteiger partial charge on any atom is 0.306 e. The van der Waals surface area contributed by atoms with Gasteiger partial charge in [0.15, 0.2) is 0 Å². The van der Waals surface area contributed by atoms with Gasteiger partial charge < -0.3 is 24.4 Å². The first-order chi connectivity index (χ1) is 21.3. The molecule has 1 N–H and O–H groups in total. The molecule has 3 aliphatic heterocycles. The molecular weight excluding hydrogens is 561 g/mol. The molecule has 9 heteroatoms. The number of aliphatic carboxylic acids is 1. The van der Waals surface area contributed by atoms with Gasteiger partial charge in [0, 0.05) is 69.9 Å². The fraction of sp³-hybridized carbons (Fsp3) is 0.600. The van der Waals surface area contributed by atoms with E-state index in [9.17, 15) is 19.1 Å². The Hall–Kier alpha value is -3.17. The third-order valence-electron chi connectivity index (χ3n) is 10.8. The molecule has 2 aromatic rings. The minimum Gasteiger partial charge on any atom is -0.497 e. The van der Waals surface area contributed by atoms with Gasteiger partial charge in [-0.15, -0.1) is 0 Å². The molecule has 4 fully saturated rings. The number of piperidine rings is 1. The summed E-state index contributed by atoms with van der Waals surface area (Å²) in [4.78, 5) is 32.5. The molecule has 0 bridgehead atoms. The number of likely N-dealkylation sites (tertiary alicyclic amines) is 2. The van der Waals surface area contributed by atoms with Crippen molar-refractivity contribution in [1.29, 1.82) is 0 Å². The van der Waals surface area contributed by atoms with Crippen LogP contribution in [0.2, 0.25) is 0 Å². The number of carbonyl (C=O) groups is 2. The van der Waals surface area contributed by atoms with E-state index in [0.717, 1.165) is 62.2 Å². The average Bonchev–Trinajstić information content (AvgIpc) is 3.73. The fourth-order valence-corrected chi connectivity index (χ4v) is 8.17. The van der Waals surface area contributed by atoms with Gasteiger partial charge in [-0.25, -0.2) is 4.39 Å². The van der Waals surface area contributed by atoms with Crippen molar-refractivity contribution in [2.45, 2.75) is 68.9 Å². The Balaban J connectivity index is 1.18. The van der Waals surface area contributed by atoms with Crippen molar-refractivity contribution < 1.29 is 28.6 Å². The first-order valence-corrected chi connectivity index (χ1v) is 16.3. The van der Waals surface area contributed by atoms with Gasteiger partial charge in [-0.1, -0.05) is 18.2 Å². The maximum atomic E-state index is 14.5. The van der Waals surface area contributed by atoms with Crippen LogP contribution >= 0.6 is 0 Å². The number of nitrogens with zero attached hydrogens (tertiary/aromatic N) is 3. The molecule has 3 heterocycles. The maximum absolute atomic E-state index is 14.5. The smallest absolute Gasteiger partial charge is 0.306 e. The third kappa shape index (κ3) is 6.45. The van der Waals surface area contributed by atoms with E-state index >= 15 is 0 Å². The molecule has 1 amide bonds. The second kappa shape index (κ2) is 13.4. The summed E-state index contributed by atoms with van der Waals surface area (Å²) in [5, 5.41) is 9.43. The number of methoxy groups -OCH3 is 2. The zero-order valence-corrected chi connectivity index (χ0v) is 26.0. The second-order valence-electron chi connectivity index (χ2n) is 13.2. The Labute approximate surface area is 260 Å². The van der Waals surface area contributed by atoms with Crippen LogP contribution in [-0.2, 0) is 14.3 Å². The molecule has 4 aliphatic rings. The lowest BCUT2D eigenvalue weighted by molar-refractivity contribution is -0.142. The summed E-state index contributed by atoms with van der Waals surface area (Å²) in [5.74, 6) is -0.246. The van der Waals surface area contributed by atoms with Crippen LogP contribution in [0.5, 0.6) is 5.75 Å². The quantitative estimate of drug-likeness (QED) is 0.446. The molecule has 0 unspecified atom stereocenters. The van der Waals surface area contributed by atoms with Gasteiger partial charge in [0.05, 0.1) is 25.0 Å². The highest BCUT2D eigenvalue weighted by molar-refractivity contribution is 5.81. The normalized spacial score (nSPS) is 28.4. The highest BCUT2D eigenvalue weighted by Crippen LogP contribution is 2.41. The SMILES string of the molecule is COc1ccc([C@@H]2CN([C@H]3CC[C@H](OC)CC3)C[C@H]2C(=O)N2CC[C@@H](c3ccc(F)cc3N3CCC(C(=O)O)CC3)C2)cc1. The van der Waals surface area contributed by atoms with Gasteiger partial charge in [0.2, 0.25) is 5.91 Å². The Morgan fingerprint density at radius 1 is 0.864 bits per heavy atom. The van der Waals surface area contributed by atoms with Crippen molar-refractivity contribution in [1.82, 2.24) is 9.80 Å². The van der Waals surface area contributed by atoms with Crippen molar-refractivity contribution in [2.24, 2.45) is 11.8 Å². The molecule has 8 nitrogen and oxygen atoms in total. The summed E-state index contributed by atoms with van der Waals surface area (Å²) < 4.78 is 25.5. The molecule has 1 aliphatic carbocycles. The van der Waals surface area contributed by atoms with Gasteiger partial charge in [-0.3, -0.25) is 14.5 Å². The van der Waals surface area contributed by atoms with E-state index in [1.807, 2.05) is 23.1 Å². The van der Waals surface area contributed by atoms with Crippen LogP contribution in [0.3, 0.4) is 0 Å². The van der Waals surface area contributed by atoms with Gasteiger partial charge >= 0.3 is 5.97 Å². The number of carboxylic acid groups (broad SMARTS) is 1. The molecule has 0 radical (unpaired) electrons. The first-order valence-electron chi connectivity index (χ1n) is 16.3. The minimum absolute atomic E-state index is 0.115. The lowest BCUT2D eigenvalue weighted by Gasteiger charge is -2.34. The zero-order chi connectivity index (χ0) is 30.8. The molecule has 6 rings (SSSR count). The van der Waals surface area contributed by atoms with Crippen molar-refractivity contribution in [3.8, 4) is 5.75 Å². The van der Waals surface area contributed by atoms with E-state index in [-0.39, 0.29) is 35.4 Å². The van der Waals surface area contributed by atoms with E-state index in [2.05, 4.69) is 21.9 Å².